The second-order valence-corrected chi connectivity index (χ2v) is 11.1. The Hall–Kier alpha value is -2.50. The zero-order chi connectivity index (χ0) is 22.1. The molecule has 3 saturated carbocycles. The summed E-state index contributed by atoms with van der Waals surface area (Å²) in [5, 5.41) is 11.5. The number of primary amides is 1. The summed E-state index contributed by atoms with van der Waals surface area (Å²) in [7, 11) is 0. The van der Waals surface area contributed by atoms with E-state index in [0.29, 0.717) is 30.0 Å². The van der Waals surface area contributed by atoms with E-state index in [0.717, 1.165) is 62.4 Å². The van der Waals surface area contributed by atoms with Crippen LogP contribution >= 0.6 is 0 Å². The van der Waals surface area contributed by atoms with Gasteiger partial charge in [-0.3, -0.25) is 9.59 Å². The monoisotopic (exact) mass is 432 g/mol. The molecule has 1 heterocycles. The van der Waals surface area contributed by atoms with Crippen LogP contribution in [0.4, 0.5) is 0 Å². The van der Waals surface area contributed by atoms with Crippen LogP contribution in [0.5, 0.6) is 0 Å². The van der Waals surface area contributed by atoms with Crippen LogP contribution in [-0.4, -0.2) is 27.1 Å². The quantitative estimate of drug-likeness (QED) is 0.762. The molecule has 1 aromatic carbocycles. The Morgan fingerprint density at radius 1 is 1.12 bits per heavy atom. The Morgan fingerprint density at radius 2 is 2.00 bits per heavy atom. The second-order valence-electron chi connectivity index (χ2n) is 11.1. The fourth-order valence-electron chi connectivity index (χ4n) is 8.56. The Morgan fingerprint density at radius 3 is 2.84 bits per heavy atom. The lowest BCUT2D eigenvalue weighted by molar-refractivity contribution is -0.130. The van der Waals surface area contributed by atoms with E-state index in [1.165, 1.54) is 11.1 Å². The number of carbonyl (C=O) groups excluding carboxylic acids is 2. The number of nitrogens with zero attached hydrogens (tertiary/aromatic N) is 2. The number of allylic oxidation sites excluding steroid dienone is 1. The van der Waals surface area contributed by atoms with Gasteiger partial charge >= 0.3 is 0 Å². The number of rotatable bonds is 3. The summed E-state index contributed by atoms with van der Waals surface area (Å²) in [6.45, 7) is 2.41. The highest BCUT2D eigenvalue weighted by Gasteiger charge is 2.61. The number of amides is 1. The molecule has 6 heteroatoms. The van der Waals surface area contributed by atoms with Crippen LogP contribution in [0.1, 0.15) is 63.9 Å². The van der Waals surface area contributed by atoms with Gasteiger partial charge < -0.3 is 5.73 Å². The molecule has 0 spiro atoms. The second kappa shape index (κ2) is 7.00. The zero-order valence-corrected chi connectivity index (χ0v) is 18.8. The number of nitrogens with two attached hydrogens (primary N) is 1. The van der Waals surface area contributed by atoms with Crippen LogP contribution in [0, 0.1) is 34.5 Å². The number of ketones is 1. The summed E-state index contributed by atoms with van der Waals surface area (Å²) in [6, 6.07) is 6.17. The molecule has 4 aliphatic carbocycles. The molecular weight excluding hydrogens is 400 g/mol. The minimum absolute atomic E-state index is 0.0757. The van der Waals surface area contributed by atoms with Crippen LogP contribution in [0.2, 0.25) is 0 Å². The third-order valence-corrected chi connectivity index (χ3v) is 9.97. The van der Waals surface area contributed by atoms with E-state index in [1.807, 2.05) is 18.2 Å². The third-order valence-electron chi connectivity index (χ3n) is 9.97. The lowest BCUT2D eigenvalue weighted by Crippen LogP contribution is -2.53. The minimum atomic E-state index is -0.135. The lowest BCUT2D eigenvalue weighted by atomic mass is 9.45. The molecule has 1 aromatic heterocycles. The Labute approximate surface area is 188 Å². The molecule has 3 fully saturated rings. The van der Waals surface area contributed by atoms with Crippen molar-refractivity contribution < 1.29 is 9.59 Å². The fraction of sp³-hybridized carbons (Fsp3) is 0.615. The van der Waals surface area contributed by atoms with Gasteiger partial charge in [-0.15, -0.1) is 0 Å². The molecule has 0 saturated heterocycles. The maximum absolute atomic E-state index is 12.7. The highest BCUT2D eigenvalue weighted by molar-refractivity contribution is 5.91. The SMILES string of the molecule is C[C@]12CCC(=O)C=C1CC[C@H]1[C@@H]3CC[C@H](C(N)=O)[C@@]3(Cc3cccc4n[nH]nc34)CC[C@@H]12. The molecule has 6 atom stereocenters. The maximum atomic E-state index is 12.7. The van der Waals surface area contributed by atoms with Crippen LogP contribution in [-0.2, 0) is 16.0 Å². The molecule has 0 bridgehead atoms. The Bertz CT molecular complexity index is 1140. The van der Waals surface area contributed by atoms with Gasteiger partial charge in [0.15, 0.2) is 5.78 Å². The van der Waals surface area contributed by atoms with E-state index < -0.39 is 0 Å². The van der Waals surface area contributed by atoms with Crippen LogP contribution < -0.4 is 5.73 Å². The number of hydrogen-bond donors (Lipinski definition) is 2. The molecule has 4 aliphatic rings. The first kappa shape index (κ1) is 20.1. The molecule has 32 heavy (non-hydrogen) atoms. The van der Waals surface area contributed by atoms with Crippen molar-refractivity contribution in [2.75, 3.05) is 0 Å². The number of benzene rings is 1. The predicted octanol–water partition coefficient (Wildman–Crippen LogP) is 4.11. The standard InChI is InChI=1S/C26H32N4O2/c1-25-11-9-17(31)13-16(25)5-6-18-19(25)10-12-26(20(18)7-8-21(26)24(27)32)14-15-3-2-4-22-23(15)29-30-28-22/h2-4,13,18-21H,5-12,14H2,1H3,(H2,27,32)(H,28,29,30)/t18-,19+,20+,21-,25+,26-/m1/s1. The number of aromatic nitrogens is 3. The van der Waals surface area contributed by atoms with Crippen LogP contribution in [0.15, 0.2) is 29.8 Å². The van der Waals surface area contributed by atoms with Gasteiger partial charge in [0.25, 0.3) is 0 Å². The van der Waals surface area contributed by atoms with Crippen LogP contribution in [0.25, 0.3) is 11.0 Å². The molecule has 0 unspecified atom stereocenters. The number of carbonyl (C=O) groups is 2. The molecule has 1 amide bonds. The zero-order valence-electron chi connectivity index (χ0n) is 18.8. The highest BCUT2D eigenvalue weighted by atomic mass is 16.1. The minimum Gasteiger partial charge on any atom is -0.369 e. The maximum Gasteiger partial charge on any atom is 0.221 e. The summed E-state index contributed by atoms with van der Waals surface area (Å²) in [6.07, 6.45) is 10.7. The normalized spacial score (nSPS) is 38.7. The van der Waals surface area contributed by atoms with Crippen molar-refractivity contribution in [1.82, 2.24) is 15.4 Å². The average molecular weight is 433 g/mol. The van der Waals surface area contributed by atoms with E-state index in [4.69, 9.17) is 5.73 Å². The molecular formula is C26H32N4O2. The van der Waals surface area contributed by atoms with Crippen molar-refractivity contribution in [3.8, 4) is 0 Å². The summed E-state index contributed by atoms with van der Waals surface area (Å²) >= 11 is 0. The van der Waals surface area contributed by atoms with E-state index in [1.54, 1.807) is 0 Å². The number of nitrogens with one attached hydrogen (secondary N) is 1. The van der Waals surface area contributed by atoms with Crippen molar-refractivity contribution in [2.24, 2.45) is 40.2 Å². The van der Waals surface area contributed by atoms with Crippen molar-refractivity contribution in [3.05, 3.63) is 35.4 Å². The molecule has 2 aromatic rings. The molecule has 168 valence electrons. The predicted molar refractivity (Wildman–Crippen MR) is 121 cm³/mol. The van der Waals surface area contributed by atoms with Crippen molar-refractivity contribution >= 4 is 22.7 Å². The molecule has 0 aliphatic heterocycles. The molecule has 0 radical (unpaired) electrons. The summed E-state index contributed by atoms with van der Waals surface area (Å²) in [5.41, 5.74) is 10.4. The summed E-state index contributed by atoms with van der Waals surface area (Å²) in [5.74, 6) is 1.79. The van der Waals surface area contributed by atoms with Gasteiger partial charge in [-0.05, 0) is 97.7 Å². The number of fused-ring (bicyclic) bond motifs is 6. The number of aromatic amines is 1. The highest BCUT2D eigenvalue weighted by Crippen LogP contribution is 2.67. The van der Waals surface area contributed by atoms with Gasteiger partial charge in [-0.1, -0.05) is 24.6 Å². The van der Waals surface area contributed by atoms with Crippen molar-refractivity contribution in [3.63, 3.8) is 0 Å². The lowest BCUT2D eigenvalue weighted by Gasteiger charge is -2.58. The van der Waals surface area contributed by atoms with Crippen molar-refractivity contribution in [2.45, 2.75) is 64.7 Å². The molecule has 6 nitrogen and oxygen atoms in total. The largest absolute Gasteiger partial charge is 0.369 e. The first-order valence-electron chi connectivity index (χ1n) is 12.2. The number of hydrogen-bond acceptors (Lipinski definition) is 4. The van der Waals surface area contributed by atoms with Gasteiger partial charge in [0, 0.05) is 12.3 Å². The summed E-state index contributed by atoms with van der Waals surface area (Å²) in [4.78, 5) is 24.8. The third kappa shape index (κ3) is 2.70. The Balaban J connectivity index is 1.40. The number of para-hydroxylation sites is 1. The van der Waals surface area contributed by atoms with E-state index in [2.05, 4.69) is 28.4 Å². The van der Waals surface area contributed by atoms with E-state index in [-0.39, 0.29) is 22.7 Å². The van der Waals surface area contributed by atoms with Gasteiger partial charge in [0.05, 0.1) is 0 Å². The van der Waals surface area contributed by atoms with Crippen LogP contribution in [0.3, 0.4) is 0 Å². The van der Waals surface area contributed by atoms with Gasteiger partial charge in [0.2, 0.25) is 5.91 Å². The Kier molecular flexibility index (Phi) is 4.40. The molecule has 3 N–H and O–H groups in total. The molecule has 6 rings (SSSR count). The van der Waals surface area contributed by atoms with E-state index in [9.17, 15) is 9.59 Å². The summed E-state index contributed by atoms with van der Waals surface area (Å²) < 4.78 is 0. The smallest absolute Gasteiger partial charge is 0.221 e. The first-order valence-corrected chi connectivity index (χ1v) is 12.2. The van der Waals surface area contributed by atoms with E-state index >= 15 is 0 Å². The first-order chi connectivity index (χ1) is 15.4. The topological polar surface area (TPSA) is 102 Å². The van der Waals surface area contributed by atoms with Gasteiger partial charge in [-0.2, -0.15) is 15.4 Å². The number of H-pyrrole nitrogens is 1. The fourth-order valence-corrected chi connectivity index (χ4v) is 8.56. The van der Waals surface area contributed by atoms with Gasteiger partial charge in [-0.25, -0.2) is 0 Å². The average Bonchev–Trinajstić information content (AvgIpc) is 3.39. The van der Waals surface area contributed by atoms with Gasteiger partial charge in [0.1, 0.15) is 11.0 Å². The van der Waals surface area contributed by atoms with Crippen molar-refractivity contribution in [1.29, 1.82) is 0 Å².